The molecule has 0 aromatic carbocycles. The van der Waals surface area contributed by atoms with Gasteiger partial charge in [0.25, 0.3) is 0 Å². The van der Waals surface area contributed by atoms with Gasteiger partial charge in [-0.15, -0.1) is 0 Å². The van der Waals surface area contributed by atoms with Gasteiger partial charge in [0.1, 0.15) is 0 Å². The lowest BCUT2D eigenvalue weighted by atomic mass is 9.87. The lowest BCUT2D eigenvalue weighted by Crippen LogP contribution is -2.33. The van der Waals surface area contributed by atoms with Crippen molar-refractivity contribution in [3.05, 3.63) is 0 Å². The highest BCUT2D eigenvalue weighted by Gasteiger charge is 2.22. The summed E-state index contributed by atoms with van der Waals surface area (Å²) in [5.41, 5.74) is 0. The van der Waals surface area contributed by atoms with E-state index in [1.165, 1.54) is 38.5 Å². The van der Waals surface area contributed by atoms with Crippen LogP contribution in [0.3, 0.4) is 0 Å². The van der Waals surface area contributed by atoms with Gasteiger partial charge in [0.15, 0.2) is 0 Å². The minimum Gasteiger partial charge on any atom is -0.396 e. The van der Waals surface area contributed by atoms with Crippen LogP contribution in [0, 0.1) is 11.8 Å². The van der Waals surface area contributed by atoms with Gasteiger partial charge in [-0.2, -0.15) is 0 Å². The van der Waals surface area contributed by atoms with Gasteiger partial charge in [0, 0.05) is 12.6 Å². The molecule has 2 nitrogen and oxygen atoms in total. The lowest BCUT2D eigenvalue weighted by Gasteiger charge is -2.26. The van der Waals surface area contributed by atoms with Crippen LogP contribution in [0.15, 0.2) is 0 Å². The van der Waals surface area contributed by atoms with Crippen LogP contribution in [-0.4, -0.2) is 24.8 Å². The maximum Gasteiger partial charge on any atom is 0.0428 e. The summed E-state index contributed by atoms with van der Waals surface area (Å²) in [4.78, 5) is 0. The van der Waals surface area contributed by atoms with Crippen molar-refractivity contribution in [2.75, 3.05) is 13.7 Å². The van der Waals surface area contributed by atoms with E-state index in [-0.39, 0.29) is 0 Å². The Bertz CT molecular complexity index is 157. The first-order chi connectivity index (χ1) is 8.15. The third-order valence-electron chi connectivity index (χ3n) is 3.53. The average molecular weight is 243 g/mol. The molecule has 2 heteroatoms. The molecule has 0 aliphatic heterocycles. The number of aliphatic hydroxyl groups excluding tert-OH is 1. The van der Waals surface area contributed by atoms with Crippen molar-refractivity contribution in [1.82, 2.24) is 5.32 Å². The zero-order valence-corrected chi connectivity index (χ0v) is 12.3. The molecule has 0 aromatic heterocycles. The predicted molar refractivity (Wildman–Crippen MR) is 76.3 cm³/mol. The molecule has 1 saturated carbocycles. The Hall–Kier alpha value is -0.0800. The molecular weight excluding hydrogens is 210 g/mol. The van der Waals surface area contributed by atoms with Crippen molar-refractivity contribution in [3.63, 3.8) is 0 Å². The quantitative estimate of drug-likeness (QED) is 0.740. The van der Waals surface area contributed by atoms with Crippen molar-refractivity contribution >= 4 is 0 Å². The van der Waals surface area contributed by atoms with E-state index < -0.39 is 0 Å². The molecular formula is C15H33NO. The number of hydrogen-bond acceptors (Lipinski definition) is 2. The van der Waals surface area contributed by atoms with Crippen LogP contribution in [0.25, 0.3) is 0 Å². The lowest BCUT2D eigenvalue weighted by molar-refractivity contribution is 0.295. The van der Waals surface area contributed by atoms with Crippen LogP contribution in [0.5, 0.6) is 0 Å². The highest BCUT2D eigenvalue weighted by atomic mass is 16.2. The standard InChI is InChI=1S/C12H25N.C3H8O/c1-10(2)9-11-7-5-4-6-8-12(11)13-3;1-2-3-4/h10-13H,4-9H2,1-3H3;4H,2-3H2,1H3. The largest absolute Gasteiger partial charge is 0.396 e. The van der Waals surface area contributed by atoms with Crippen molar-refractivity contribution in [2.45, 2.75) is 71.8 Å². The summed E-state index contributed by atoms with van der Waals surface area (Å²) in [7, 11) is 2.13. The molecule has 1 rings (SSSR count). The van der Waals surface area contributed by atoms with Crippen LogP contribution in [-0.2, 0) is 0 Å². The number of rotatable bonds is 4. The molecule has 0 spiro atoms. The first-order valence-corrected chi connectivity index (χ1v) is 7.43. The summed E-state index contributed by atoms with van der Waals surface area (Å²) in [6, 6.07) is 0.796. The fourth-order valence-corrected chi connectivity index (χ4v) is 2.65. The molecule has 0 heterocycles. The van der Waals surface area contributed by atoms with E-state index in [9.17, 15) is 0 Å². The van der Waals surface area contributed by atoms with E-state index in [2.05, 4.69) is 26.2 Å². The highest BCUT2D eigenvalue weighted by molar-refractivity contribution is 4.78. The summed E-state index contributed by atoms with van der Waals surface area (Å²) >= 11 is 0. The number of aliphatic hydroxyl groups is 1. The van der Waals surface area contributed by atoms with Crippen LogP contribution in [0.2, 0.25) is 0 Å². The second-order valence-electron chi connectivity index (χ2n) is 5.65. The topological polar surface area (TPSA) is 32.3 Å². The summed E-state index contributed by atoms with van der Waals surface area (Å²) in [6.45, 7) is 6.94. The smallest absolute Gasteiger partial charge is 0.0428 e. The van der Waals surface area contributed by atoms with Gasteiger partial charge in [-0.05, 0) is 44.6 Å². The third kappa shape index (κ3) is 8.62. The number of nitrogens with one attached hydrogen (secondary N) is 1. The van der Waals surface area contributed by atoms with Crippen molar-refractivity contribution in [1.29, 1.82) is 0 Å². The van der Waals surface area contributed by atoms with Crippen molar-refractivity contribution in [3.8, 4) is 0 Å². The van der Waals surface area contributed by atoms with Gasteiger partial charge in [0.05, 0.1) is 0 Å². The van der Waals surface area contributed by atoms with Crippen LogP contribution in [0.4, 0.5) is 0 Å². The molecule has 1 aliphatic rings. The van der Waals surface area contributed by atoms with Crippen LogP contribution < -0.4 is 5.32 Å². The van der Waals surface area contributed by atoms with E-state index in [0.29, 0.717) is 6.61 Å². The monoisotopic (exact) mass is 243 g/mol. The Balaban J connectivity index is 0.000000557. The molecule has 1 aliphatic carbocycles. The maximum absolute atomic E-state index is 7.88. The molecule has 0 saturated heterocycles. The highest BCUT2D eigenvalue weighted by Crippen LogP contribution is 2.28. The van der Waals surface area contributed by atoms with E-state index in [1.807, 2.05) is 6.92 Å². The molecule has 2 N–H and O–H groups in total. The Labute approximate surface area is 108 Å². The zero-order valence-electron chi connectivity index (χ0n) is 12.3. The first kappa shape index (κ1) is 16.9. The van der Waals surface area contributed by atoms with Gasteiger partial charge < -0.3 is 10.4 Å². The third-order valence-corrected chi connectivity index (χ3v) is 3.53. The van der Waals surface area contributed by atoms with E-state index in [1.54, 1.807) is 0 Å². The van der Waals surface area contributed by atoms with Crippen molar-refractivity contribution in [2.24, 2.45) is 11.8 Å². The van der Waals surface area contributed by atoms with E-state index >= 15 is 0 Å². The minimum absolute atomic E-state index is 0.319. The van der Waals surface area contributed by atoms with Gasteiger partial charge >= 0.3 is 0 Å². The molecule has 0 bridgehead atoms. The second kappa shape index (κ2) is 11.0. The Kier molecular flexibility index (Phi) is 11.0. The summed E-state index contributed by atoms with van der Waals surface area (Å²) in [6.07, 6.45) is 9.46. The zero-order chi connectivity index (χ0) is 13.1. The SMILES string of the molecule is CCCO.CNC1CCCCCC1CC(C)C. The van der Waals surface area contributed by atoms with E-state index in [4.69, 9.17) is 5.11 Å². The molecule has 17 heavy (non-hydrogen) atoms. The Morgan fingerprint density at radius 3 is 2.24 bits per heavy atom. The predicted octanol–water partition coefficient (Wildman–Crippen LogP) is 3.59. The second-order valence-corrected chi connectivity index (χ2v) is 5.65. The molecule has 2 atom stereocenters. The molecule has 0 amide bonds. The van der Waals surface area contributed by atoms with E-state index in [0.717, 1.165) is 24.3 Å². The number of hydrogen-bond donors (Lipinski definition) is 2. The summed E-state index contributed by atoms with van der Waals surface area (Å²) in [5.74, 6) is 1.80. The molecule has 0 radical (unpaired) electrons. The molecule has 0 aromatic rings. The minimum atomic E-state index is 0.319. The first-order valence-electron chi connectivity index (χ1n) is 7.43. The fourth-order valence-electron chi connectivity index (χ4n) is 2.65. The van der Waals surface area contributed by atoms with Gasteiger partial charge in [-0.1, -0.05) is 40.0 Å². The van der Waals surface area contributed by atoms with Crippen molar-refractivity contribution < 1.29 is 5.11 Å². The summed E-state index contributed by atoms with van der Waals surface area (Å²) in [5, 5.41) is 11.4. The van der Waals surface area contributed by atoms with Gasteiger partial charge in [-0.25, -0.2) is 0 Å². The maximum atomic E-state index is 7.88. The van der Waals surface area contributed by atoms with Gasteiger partial charge in [0.2, 0.25) is 0 Å². The van der Waals surface area contributed by atoms with Crippen LogP contribution in [0.1, 0.15) is 65.7 Å². The molecule has 2 unspecified atom stereocenters. The Morgan fingerprint density at radius 2 is 1.76 bits per heavy atom. The fraction of sp³-hybridized carbons (Fsp3) is 1.00. The normalized spacial score (nSPS) is 25.1. The summed E-state index contributed by atoms with van der Waals surface area (Å²) < 4.78 is 0. The average Bonchev–Trinajstić information content (AvgIpc) is 2.53. The van der Waals surface area contributed by atoms with Crippen LogP contribution >= 0.6 is 0 Å². The van der Waals surface area contributed by atoms with Gasteiger partial charge in [-0.3, -0.25) is 0 Å². The Morgan fingerprint density at radius 1 is 1.18 bits per heavy atom. The molecule has 1 fully saturated rings. The molecule has 104 valence electrons.